The molecule has 0 amide bonds. The zero-order chi connectivity index (χ0) is 16.3. The Morgan fingerprint density at radius 1 is 1.00 bits per heavy atom. The molecule has 0 spiro atoms. The molecule has 1 aliphatic carbocycles. The Balaban J connectivity index is 1.76. The molecule has 6 heteroatoms. The molecule has 3 aromatic rings. The lowest BCUT2D eigenvalue weighted by atomic mass is 9.87. The molecule has 5 nitrogen and oxygen atoms in total. The Kier molecular flexibility index (Phi) is 2.76. The third-order valence-corrected chi connectivity index (χ3v) is 4.86. The van der Waals surface area contributed by atoms with E-state index in [1.807, 2.05) is 48.5 Å². The van der Waals surface area contributed by atoms with Crippen LogP contribution in [0.3, 0.4) is 0 Å². The van der Waals surface area contributed by atoms with Crippen LogP contribution in [0.15, 0.2) is 59.9 Å². The highest BCUT2D eigenvalue weighted by Crippen LogP contribution is 2.42. The molecule has 0 bridgehead atoms. The number of rotatable bonds is 1. The maximum absolute atomic E-state index is 13.0. The van der Waals surface area contributed by atoms with Crippen molar-refractivity contribution in [3.05, 3.63) is 76.6 Å². The second-order valence-electron chi connectivity index (χ2n) is 5.89. The Hall–Kier alpha value is -2.79. The van der Waals surface area contributed by atoms with E-state index in [2.05, 4.69) is 15.1 Å². The van der Waals surface area contributed by atoms with Crippen molar-refractivity contribution in [2.75, 3.05) is 0 Å². The molecule has 0 fully saturated rings. The van der Waals surface area contributed by atoms with Gasteiger partial charge in [0.05, 0.1) is 17.7 Å². The highest BCUT2D eigenvalue weighted by molar-refractivity contribution is 6.30. The molecule has 116 valence electrons. The van der Waals surface area contributed by atoms with Gasteiger partial charge >= 0.3 is 0 Å². The van der Waals surface area contributed by atoms with Gasteiger partial charge in [-0.3, -0.25) is 4.79 Å². The Morgan fingerprint density at radius 2 is 1.75 bits per heavy atom. The van der Waals surface area contributed by atoms with E-state index >= 15 is 0 Å². The van der Waals surface area contributed by atoms with Crippen LogP contribution in [0.4, 0.5) is 5.95 Å². The van der Waals surface area contributed by atoms with Gasteiger partial charge in [0.25, 0.3) is 0 Å². The van der Waals surface area contributed by atoms with Crippen LogP contribution in [-0.4, -0.2) is 26.3 Å². The normalized spacial score (nSPS) is 21.0. The molecule has 0 radical (unpaired) electrons. The monoisotopic (exact) mass is 334 g/mol. The topological polar surface area (TPSA) is 60.1 Å². The quantitative estimate of drug-likeness (QED) is 0.684. The minimum atomic E-state index is -0.391. The average Bonchev–Trinajstić information content (AvgIpc) is 3.18. The van der Waals surface area contributed by atoms with E-state index in [1.54, 1.807) is 4.68 Å². The third-order valence-electron chi connectivity index (χ3n) is 4.61. The number of fused-ring (bicyclic) bond motifs is 4. The van der Waals surface area contributed by atoms with Gasteiger partial charge in [0.15, 0.2) is 5.78 Å². The van der Waals surface area contributed by atoms with Gasteiger partial charge in [0.1, 0.15) is 6.33 Å². The first-order valence-electron chi connectivity index (χ1n) is 7.61. The Labute approximate surface area is 142 Å². The summed E-state index contributed by atoms with van der Waals surface area (Å²) in [6.07, 6.45) is 1.47. The van der Waals surface area contributed by atoms with Gasteiger partial charge in [-0.1, -0.05) is 48.0 Å². The van der Waals surface area contributed by atoms with Crippen LogP contribution in [-0.2, 0) is 0 Å². The predicted octanol–water partition coefficient (Wildman–Crippen LogP) is 3.47. The number of carbonyl (C=O) groups is 1. The zero-order valence-electron chi connectivity index (χ0n) is 12.4. The summed E-state index contributed by atoms with van der Waals surface area (Å²) in [5.41, 5.74) is 3.34. The summed E-state index contributed by atoms with van der Waals surface area (Å²) in [6, 6.07) is 14.8. The van der Waals surface area contributed by atoms with E-state index < -0.39 is 5.92 Å². The van der Waals surface area contributed by atoms with Crippen LogP contribution in [0.25, 0.3) is 0 Å². The molecular formula is C18H11ClN4O. The van der Waals surface area contributed by atoms with Crippen LogP contribution in [0.5, 0.6) is 0 Å². The van der Waals surface area contributed by atoms with Crippen molar-refractivity contribution in [2.45, 2.75) is 6.04 Å². The maximum atomic E-state index is 13.0. The zero-order valence-corrected chi connectivity index (χ0v) is 13.2. The summed E-state index contributed by atoms with van der Waals surface area (Å²) < 4.78 is 1.72. The van der Waals surface area contributed by atoms with Gasteiger partial charge in [0, 0.05) is 16.1 Å². The van der Waals surface area contributed by atoms with Crippen LogP contribution >= 0.6 is 11.6 Å². The molecule has 1 aliphatic heterocycles. The van der Waals surface area contributed by atoms with Crippen molar-refractivity contribution in [3.63, 3.8) is 0 Å². The van der Waals surface area contributed by atoms with Gasteiger partial charge in [-0.05, 0) is 17.7 Å². The number of aliphatic imine (C=N–C) groups is 1. The summed E-state index contributed by atoms with van der Waals surface area (Å²) in [5.74, 6) is 0.203. The van der Waals surface area contributed by atoms with Gasteiger partial charge in [-0.15, -0.1) is 0 Å². The standard InChI is InChI=1S/C18H11ClN4O/c19-11-7-5-10(6-8-11)16-14-15(22-18-20-9-21-23(16)18)12-3-1-2-4-13(12)17(14)24/h1-9,14,16H/t14?,16-/m1/s1. The molecule has 2 aromatic carbocycles. The van der Waals surface area contributed by atoms with Crippen molar-refractivity contribution < 1.29 is 4.79 Å². The van der Waals surface area contributed by atoms with Crippen molar-refractivity contribution >= 4 is 29.0 Å². The minimum Gasteiger partial charge on any atom is -0.293 e. The number of hydrogen-bond acceptors (Lipinski definition) is 4. The van der Waals surface area contributed by atoms with E-state index in [9.17, 15) is 4.79 Å². The second kappa shape index (κ2) is 4.85. The van der Waals surface area contributed by atoms with Crippen LogP contribution in [0.2, 0.25) is 5.02 Å². The minimum absolute atomic E-state index is 0.0745. The Bertz CT molecular complexity index is 1010. The van der Waals surface area contributed by atoms with Crippen LogP contribution in [0, 0.1) is 5.92 Å². The first-order chi connectivity index (χ1) is 11.7. The molecule has 5 rings (SSSR count). The lowest BCUT2D eigenvalue weighted by molar-refractivity contribution is 0.0938. The molecule has 2 heterocycles. The van der Waals surface area contributed by atoms with Crippen molar-refractivity contribution in [2.24, 2.45) is 10.9 Å². The summed E-state index contributed by atoms with van der Waals surface area (Å²) in [6.45, 7) is 0. The van der Waals surface area contributed by atoms with Gasteiger partial charge in [0.2, 0.25) is 5.95 Å². The molecule has 2 atom stereocenters. The highest BCUT2D eigenvalue weighted by atomic mass is 35.5. The van der Waals surface area contributed by atoms with Crippen LogP contribution in [0.1, 0.15) is 27.5 Å². The molecule has 1 aromatic heterocycles. The first kappa shape index (κ1) is 13.6. The largest absolute Gasteiger partial charge is 0.293 e. The van der Waals surface area contributed by atoms with E-state index in [-0.39, 0.29) is 11.8 Å². The van der Waals surface area contributed by atoms with E-state index in [0.29, 0.717) is 16.5 Å². The number of halogens is 1. The van der Waals surface area contributed by atoms with E-state index in [1.165, 1.54) is 6.33 Å². The predicted molar refractivity (Wildman–Crippen MR) is 90.1 cm³/mol. The SMILES string of the molecule is O=C1c2ccccc2C2=Nc3ncnn3[C@H](c3ccc(Cl)cc3)C12. The van der Waals surface area contributed by atoms with Gasteiger partial charge in [-0.2, -0.15) is 10.1 Å². The van der Waals surface area contributed by atoms with Crippen molar-refractivity contribution in [1.82, 2.24) is 14.8 Å². The average molecular weight is 335 g/mol. The number of benzene rings is 2. The molecule has 24 heavy (non-hydrogen) atoms. The third kappa shape index (κ3) is 1.76. The molecule has 2 aliphatic rings. The molecule has 0 saturated carbocycles. The summed E-state index contributed by atoms with van der Waals surface area (Å²) >= 11 is 6.02. The number of hydrogen-bond donors (Lipinski definition) is 0. The van der Waals surface area contributed by atoms with E-state index in [0.717, 1.165) is 16.8 Å². The number of nitrogens with zero attached hydrogens (tertiary/aromatic N) is 4. The number of ketones is 1. The first-order valence-corrected chi connectivity index (χ1v) is 7.99. The lowest BCUT2D eigenvalue weighted by Crippen LogP contribution is -2.32. The fourth-order valence-corrected chi connectivity index (χ4v) is 3.69. The van der Waals surface area contributed by atoms with Crippen molar-refractivity contribution in [1.29, 1.82) is 0 Å². The Morgan fingerprint density at radius 3 is 2.54 bits per heavy atom. The number of carbonyl (C=O) groups excluding carboxylic acids is 1. The fourth-order valence-electron chi connectivity index (χ4n) is 3.57. The smallest absolute Gasteiger partial charge is 0.248 e. The summed E-state index contributed by atoms with van der Waals surface area (Å²) in [4.78, 5) is 21.9. The van der Waals surface area contributed by atoms with Gasteiger partial charge < -0.3 is 0 Å². The van der Waals surface area contributed by atoms with Crippen molar-refractivity contribution in [3.8, 4) is 0 Å². The molecule has 0 saturated heterocycles. The lowest BCUT2D eigenvalue weighted by Gasteiger charge is -2.27. The number of Topliss-reactive ketones (excluding diaryl/α,β-unsaturated/α-hetero) is 1. The molecule has 1 unspecified atom stereocenters. The summed E-state index contributed by atoms with van der Waals surface area (Å²) in [7, 11) is 0. The molecular weight excluding hydrogens is 324 g/mol. The molecule has 0 N–H and O–H groups in total. The summed E-state index contributed by atoms with van der Waals surface area (Å²) in [5, 5.41) is 4.96. The second-order valence-corrected chi connectivity index (χ2v) is 6.32. The highest BCUT2D eigenvalue weighted by Gasteiger charge is 2.46. The van der Waals surface area contributed by atoms with Gasteiger partial charge in [-0.25, -0.2) is 9.67 Å². The van der Waals surface area contributed by atoms with E-state index in [4.69, 9.17) is 11.6 Å². The fraction of sp³-hybridized carbons (Fsp3) is 0.111. The maximum Gasteiger partial charge on any atom is 0.248 e. The number of aromatic nitrogens is 3. The van der Waals surface area contributed by atoms with Crippen LogP contribution < -0.4 is 0 Å².